The average Bonchev–Trinajstić information content (AvgIpc) is 2.38. The molecule has 0 radical (unpaired) electrons. The Hall–Kier alpha value is -1.73. The molecule has 1 aliphatic heterocycles. The van der Waals surface area contributed by atoms with E-state index in [9.17, 15) is 18.0 Å². The van der Waals surface area contributed by atoms with Crippen LogP contribution in [-0.2, 0) is 25.4 Å². The van der Waals surface area contributed by atoms with E-state index >= 15 is 0 Å². The van der Waals surface area contributed by atoms with E-state index in [4.69, 9.17) is 0 Å². The van der Waals surface area contributed by atoms with Gasteiger partial charge in [0.1, 0.15) is 6.04 Å². The van der Waals surface area contributed by atoms with Gasteiger partial charge in [-0.3, -0.25) is 14.9 Å². The van der Waals surface area contributed by atoms with E-state index in [2.05, 4.69) is 5.32 Å². The normalized spacial score (nSPS) is 20.0. The monoisotopic (exact) mass is 296 g/mol. The fourth-order valence-electron chi connectivity index (χ4n) is 2.11. The number of benzene rings is 1. The van der Waals surface area contributed by atoms with Crippen molar-refractivity contribution in [3.05, 3.63) is 35.9 Å². The number of piperidine rings is 1. The van der Waals surface area contributed by atoms with E-state index < -0.39 is 22.0 Å². The zero-order chi connectivity index (χ0) is 14.8. The molecule has 0 bridgehead atoms. The summed E-state index contributed by atoms with van der Waals surface area (Å²) in [5.41, 5.74) is 0.659. The van der Waals surface area contributed by atoms with Gasteiger partial charge in [0.15, 0.2) is 0 Å². The van der Waals surface area contributed by atoms with Crippen LogP contribution in [0.25, 0.3) is 0 Å². The maximum Gasteiger partial charge on any atom is 0.244 e. The van der Waals surface area contributed by atoms with Crippen LogP contribution in [0.1, 0.15) is 18.4 Å². The van der Waals surface area contributed by atoms with Crippen molar-refractivity contribution >= 4 is 21.8 Å². The van der Waals surface area contributed by atoms with Gasteiger partial charge in [0.05, 0.1) is 5.75 Å². The molecule has 1 unspecified atom stereocenters. The van der Waals surface area contributed by atoms with E-state index in [0.29, 0.717) is 5.56 Å². The van der Waals surface area contributed by atoms with Crippen LogP contribution in [-0.4, -0.2) is 37.6 Å². The molecule has 20 heavy (non-hydrogen) atoms. The highest BCUT2D eigenvalue weighted by Crippen LogP contribution is 2.17. The molecule has 1 aromatic rings. The number of amides is 2. The van der Waals surface area contributed by atoms with Gasteiger partial charge in [-0.1, -0.05) is 30.3 Å². The van der Waals surface area contributed by atoms with Gasteiger partial charge < -0.3 is 0 Å². The smallest absolute Gasteiger partial charge is 0.244 e. The molecular formula is C13H16N2O4S. The number of nitrogens with zero attached hydrogens (tertiary/aromatic N) is 1. The molecule has 0 aromatic heterocycles. The van der Waals surface area contributed by atoms with Gasteiger partial charge in [-0.05, 0) is 12.0 Å². The van der Waals surface area contributed by atoms with Crippen molar-refractivity contribution in [1.82, 2.24) is 9.62 Å². The first-order chi connectivity index (χ1) is 9.40. The van der Waals surface area contributed by atoms with Gasteiger partial charge in [0.25, 0.3) is 0 Å². The van der Waals surface area contributed by atoms with E-state index in [1.807, 2.05) is 0 Å². The van der Waals surface area contributed by atoms with Crippen molar-refractivity contribution in [2.75, 3.05) is 7.05 Å². The van der Waals surface area contributed by atoms with E-state index in [0.717, 1.165) is 4.31 Å². The van der Waals surface area contributed by atoms with Crippen LogP contribution in [0, 0.1) is 0 Å². The summed E-state index contributed by atoms with van der Waals surface area (Å²) in [7, 11) is -2.23. The second-order valence-electron chi connectivity index (χ2n) is 4.72. The van der Waals surface area contributed by atoms with Crippen molar-refractivity contribution in [3.63, 3.8) is 0 Å². The zero-order valence-corrected chi connectivity index (χ0v) is 11.9. The predicted molar refractivity (Wildman–Crippen MR) is 73.0 cm³/mol. The van der Waals surface area contributed by atoms with Crippen molar-refractivity contribution in [2.24, 2.45) is 0 Å². The lowest BCUT2D eigenvalue weighted by Crippen LogP contribution is -2.53. The molecule has 7 heteroatoms. The number of hydrogen-bond donors (Lipinski definition) is 1. The number of imide groups is 1. The van der Waals surface area contributed by atoms with Crippen LogP contribution in [0.15, 0.2) is 30.3 Å². The minimum atomic E-state index is -3.60. The molecule has 1 heterocycles. The highest BCUT2D eigenvalue weighted by molar-refractivity contribution is 7.88. The molecule has 6 nitrogen and oxygen atoms in total. The van der Waals surface area contributed by atoms with Crippen LogP contribution in [0.3, 0.4) is 0 Å². The van der Waals surface area contributed by atoms with Gasteiger partial charge in [-0.15, -0.1) is 0 Å². The third kappa shape index (κ3) is 3.23. The van der Waals surface area contributed by atoms with E-state index in [1.165, 1.54) is 7.05 Å². The lowest BCUT2D eigenvalue weighted by molar-refractivity contribution is -0.135. The maximum absolute atomic E-state index is 12.3. The fourth-order valence-corrected chi connectivity index (χ4v) is 3.52. The molecule has 0 saturated carbocycles. The minimum Gasteiger partial charge on any atom is -0.295 e. The Morgan fingerprint density at radius 2 is 1.90 bits per heavy atom. The van der Waals surface area contributed by atoms with Gasteiger partial charge >= 0.3 is 0 Å². The number of carbonyl (C=O) groups excluding carboxylic acids is 2. The highest BCUT2D eigenvalue weighted by Gasteiger charge is 2.35. The maximum atomic E-state index is 12.3. The summed E-state index contributed by atoms with van der Waals surface area (Å²) in [6.45, 7) is 0. The Kier molecular flexibility index (Phi) is 4.20. The summed E-state index contributed by atoms with van der Waals surface area (Å²) < 4.78 is 25.6. The largest absolute Gasteiger partial charge is 0.295 e. The van der Waals surface area contributed by atoms with E-state index in [-0.39, 0.29) is 24.5 Å². The van der Waals surface area contributed by atoms with Crippen molar-refractivity contribution < 1.29 is 18.0 Å². The third-order valence-electron chi connectivity index (χ3n) is 3.28. The van der Waals surface area contributed by atoms with Crippen LogP contribution in [0.2, 0.25) is 0 Å². The summed E-state index contributed by atoms with van der Waals surface area (Å²) >= 11 is 0. The molecule has 1 aliphatic rings. The van der Waals surface area contributed by atoms with Crippen molar-refractivity contribution in [2.45, 2.75) is 24.6 Å². The number of rotatable bonds is 4. The zero-order valence-electron chi connectivity index (χ0n) is 11.1. The first kappa shape index (κ1) is 14.7. The number of carbonyl (C=O) groups is 2. The Bertz CT molecular complexity index is 613. The van der Waals surface area contributed by atoms with Crippen LogP contribution < -0.4 is 5.32 Å². The molecule has 1 atom stereocenters. The van der Waals surface area contributed by atoms with Gasteiger partial charge in [-0.2, -0.15) is 4.31 Å². The second kappa shape index (κ2) is 5.72. The first-order valence-electron chi connectivity index (χ1n) is 6.23. The summed E-state index contributed by atoms with van der Waals surface area (Å²) in [6.07, 6.45) is 0.372. The van der Waals surface area contributed by atoms with Crippen LogP contribution >= 0.6 is 0 Å². The summed E-state index contributed by atoms with van der Waals surface area (Å²) in [5.74, 6) is -1.08. The van der Waals surface area contributed by atoms with E-state index in [1.54, 1.807) is 30.3 Å². The molecule has 1 fully saturated rings. The lowest BCUT2D eigenvalue weighted by atomic mass is 10.1. The first-order valence-corrected chi connectivity index (χ1v) is 7.84. The Labute approximate surface area is 117 Å². The van der Waals surface area contributed by atoms with Crippen LogP contribution in [0.4, 0.5) is 0 Å². The number of likely N-dealkylation sites (N-methyl/N-ethyl adjacent to an activating group) is 1. The molecule has 1 saturated heterocycles. The molecule has 1 N–H and O–H groups in total. The molecule has 0 spiro atoms. The molecule has 0 aliphatic carbocycles. The number of nitrogens with one attached hydrogen (secondary N) is 1. The molecule has 2 rings (SSSR count). The molecule has 2 amide bonds. The second-order valence-corrected chi connectivity index (χ2v) is 6.75. The summed E-state index contributed by atoms with van der Waals surface area (Å²) in [6, 6.07) is 7.95. The third-order valence-corrected chi connectivity index (χ3v) is 5.11. The Morgan fingerprint density at radius 3 is 2.50 bits per heavy atom. The average molecular weight is 296 g/mol. The summed E-state index contributed by atoms with van der Waals surface area (Å²) in [5, 5.41) is 2.16. The highest BCUT2D eigenvalue weighted by atomic mass is 32.2. The minimum absolute atomic E-state index is 0.154. The SMILES string of the molecule is CN(C1CCC(=O)NC1=O)S(=O)(=O)Cc1ccccc1. The number of sulfonamides is 1. The Balaban J connectivity index is 2.13. The molecular weight excluding hydrogens is 280 g/mol. The standard InChI is InChI=1S/C13H16N2O4S/c1-15(11-7-8-12(16)14-13(11)17)20(18,19)9-10-5-3-2-4-6-10/h2-6,11H,7-9H2,1H3,(H,14,16,17). The Morgan fingerprint density at radius 1 is 1.25 bits per heavy atom. The van der Waals surface area contributed by atoms with Crippen molar-refractivity contribution in [1.29, 1.82) is 0 Å². The van der Waals surface area contributed by atoms with Crippen LogP contribution in [0.5, 0.6) is 0 Å². The topological polar surface area (TPSA) is 83.6 Å². The summed E-state index contributed by atoms with van der Waals surface area (Å²) in [4.78, 5) is 22.8. The lowest BCUT2D eigenvalue weighted by Gasteiger charge is -2.29. The van der Waals surface area contributed by atoms with Gasteiger partial charge in [0, 0.05) is 13.5 Å². The fraction of sp³-hybridized carbons (Fsp3) is 0.385. The quantitative estimate of drug-likeness (QED) is 0.808. The van der Waals surface area contributed by atoms with Gasteiger partial charge in [0.2, 0.25) is 21.8 Å². The van der Waals surface area contributed by atoms with Gasteiger partial charge in [-0.25, -0.2) is 8.42 Å². The predicted octanol–water partition coefficient (Wildman–Crippen LogP) is 0.253. The van der Waals surface area contributed by atoms with Crippen molar-refractivity contribution in [3.8, 4) is 0 Å². The molecule has 108 valence electrons. The molecule has 1 aromatic carbocycles. The number of hydrogen-bond acceptors (Lipinski definition) is 4.